The van der Waals surface area contributed by atoms with Crippen LogP contribution in [-0.2, 0) is 33.0 Å². The summed E-state index contributed by atoms with van der Waals surface area (Å²) in [5.41, 5.74) is 3.90. The average Bonchev–Trinajstić information content (AvgIpc) is 4.04. The molecular weight excluding hydrogens is 813 g/mol. The number of ether oxygens (including phenoxy) is 2. The standard InChI is InChI=1S/C45H51BrN6O5Si/c1-29-42(58(3,4)35-19-17-34(56-2)18-20-35)41(22-24-51-27-39(49-50-51)36(28-53)31-9-6-5-7-10-31)57-45(29)37-25-32(46)14-21-40(37)52(44(45)55)26-30-12-15-33(16-13-30)48-43(54)38-11-8-23-47-38/h5-7,9-10,12-21,25,27,29,36,38,41-42,47,53H,8,11,22-24,26,28H2,1-4H3,(H,48,54)/t29-,36?,38-,41+,42-,45+/m1/s1. The van der Waals surface area contributed by atoms with Crippen LogP contribution in [0.3, 0.4) is 0 Å². The molecule has 6 atom stereocenters. The van der Waals surface area contributed by atoms with Gasteiger partial charge in [-0.2, -0.15) is 0 Å². The summed E-state index contributed by atoms with van der Waals surface area (Å²) in [5, 5.41) is 26.8. The Morgan fingerprint density at radius 2 is 1.84 bits per heavy atom. The maximum Gasteiger partial charge on any atom is 0.264 e. The van der Waals surface area contributed by atoms with E-state index in [9.17, 15) is 9.90 Å². The summed E-state index contributed by atoms with van der Waals surface area (Å²) in [6.07, 6.45) is 4.08. The van der Waals surface area contributed by atoms with Gasteiger partial charge in [0.1, 0.15) is 5.75 Å². The maximum atomic E-state index is 15.3. The van der Waals surface area contributed by atoms with E-state index in [0.717, 1.165) is 57.7 Å². The fourth-order valence-electron chi connectivity index (χ4n) is 9.62. The number of aliphatic hydroxyl groups excluding tert-OH is 1. The van der Waals surface area contributed by atoms with Gasteiger partial charge in [0.05, 0.1) is 57.8 Å². The Kier molecular flexibility index (Phi) is 11.4. The zero-order valence-corrected chi connectivity index (χ0v) is 36.0. The highest BCUT2D eigenvalue weighted by molar-refractivity contribution is 9.10. The first-order valence-corrected chi connectivity index (χ1v) is 24.0. The number of hydrogen-bond donors (Lipinski definition) is 3. The van der Waals surface area contributed by atoms with E-state index < -0.39 is 13.7 Å². The number of carbonyl (C=O) groups excluding carboxylic acids is 2. The smallest absolute Gasteiger partial charge is 0.264 e. The monoisotopic (exact) mass is 862 g/mol. The fraction of sp³-hybridized carbons (Fsp3) is 0.378. The van der Waals surface area contributed by atoms with E-state index >= 15 is 4.79 Å². The van der Waals surface area contributed by atoms with Crippen molar-refractivity contribution in [3.8, 4) is 5.75 Å². The molecule has 1 aromatic heterocycles. The molecule has 0 saturated carbocycles. The maximum absolute atomic E-state index is 15.3. The van der Waals surface area contributed by atoms with E-state index in [1.807, 2.05) is 94.6 Å². The number of methoxy groups -OCH3 is 1. The summed E-state index contributed by atoms with van der Waals surface area (Å²) < 4.78 is 15.6. The number of carbonyl (C=O) groups is 2. The molecule has 1 spiro atoms. The van der Waals surface area contributed by atoms with Crippen LogP contribution < -0.4 is 25.5 Å². The van der Waals surface area contributed by atoms with Crippen LogP contribution in [0.25, 0.3) is 0 Å². The molecule has 302 valence electrons. The van der Waals surface area contributed by atoms with Crippen molar-refractivity contribution in [3.63, 3.8) is 0 Å². The SMILES string of the molecule is COc1ccc([Si](C)(C)[C@H]2[C@H](CCn3cc(C(CO)c4ccccc4)nn3)O[C@@]3(C(=O)N(Cc4ccc(NC(=O)[C@H]5CCCN5)cc4)c4ccc(Br)cc43)[C@@H]2C)cc1. The first-order chi connectivity index (χ1) is 28.0. The second-order valence-electron chi connectivity index (χ2n) is 16.4. The third-order valence-electron chi connectivity index (χ3n) is 12.7. The first kappa shape index (κ1) is 40.1. The number of aryl methyl sites for hydroxylation is 1. The van der Waals surface area contributed by atoms with Gasteiger partial charge in [0.2, 0.25) is 5.91 Å². The van der Waals surface area contributed by atoms with E-state index in [1.54, 1.807) is 7.11 Å². The molecule has 3 aliphatic heterocycles. The van der Waals surface area contributed by atoms with Gasteiger partial charge in [-0.15, -0.1) is 5.10 Å². The van der Waals surface area contributed by atoms with Crippen molar-refractivity contribution in [2.45, 2.75) is 81.6 Å². The van der Waals surface area contributed by atoms with Crippen molar-refractivity contribution >= 4 is 52.4 Å². The van der Waals surface area contributed by atoms with Gasteiger partial charge in [0, 0.05) is 34.4 Å². The largest absolute Gasteiger partial charge is 0.497 e. The van der Waals surface area contributed by atoms with Crippen LogP contribution in [0.2, 0.25) is 18.6 Å². The molecule has 11 nitrogen and oxygen atoms in total. The van der Waals surface area contributed by atoms with Gasteiger partial charge < -0.3 is 30.1 Å². The highest BCUT2D eigenvalue weighted by Gasteiger charge is 2.66. The van der Waals surface area contributed by atoms with Crippen LogP contribution in [0, 0.1) is 5.92 Å². The predicted octanol–water partition coefficient (Wildman–Crippen LogP) is 6.72. The number of amides is 2. The third kappa shape index (κ3) is 7.43. The van der Waals surface area contributed by atoms with Crippen molar-refractivity contribution < 1.29 is 24.2 Å². The molecule has 58 heavy (non-hydrogen) atoms. The lowest BCUT2D eigenvalue weighted by molar-refractivity contribution is -0.146. The Morgan fingerprint density at radius 3 is 2.53 bits per heavy atom. The number of anilines is 2. The number of rotatable bonds is 13. The number of benzene rings is 4. The fourth-order valence-corrected chi connectivity index (χ4v) is 14.0. The molecule has 2 amide bonds. The van der Waals surface area contributed by atoms with Crippen molar-refractivity contribution in [2.75, 3.05) is 30.5 Å². The van der Waals surface area contributed by atoms with E-state index in [0.29, 0.717) is 25.2 Å². The van der Waals surface area contributed by atoms with Crippen molar-refractivity contribution in [1.29, 1.82) is 0 Å². The summed E-state index contributed by atoms with van der Waals surface area (Å²) >= 11 is 3.73. The minimum absolute atomic E-state index is 0.0233. The number of nitrogens with one attached hydrogen (secondary N) is 2. The van der Waals surface area contributed by atoms with Gasteiger partial charge in [0.15, 0.2) is 5.60 Å². The minimum Gasteiger partial charge on any atom is -0.497 e. The third-order valence-corrected chi connectivity index (χ3v) is 17.5. The lowest BCUT2D eigenvalue weighted by atomic mass is 9.82. The normalized spacial score (nSPS) is 23.3. The molecule has 8 rings (SSSR count). The summed E-state index contributed by atoms with van der Waals surface area (Å²) in [5.74, 6) is 0.261. The van der Waals surface area contributed by atoms with Crippen LogP contribution >= 0.6 is 15.9 Å². The topological polar surface area (TPSA) is 131 Å². The Labute approximate surface area is 349 Å². The Hall–Kier alpha value is -4.66. The first-order valence-electron chi connectivity index (χ1n) is 20.2. The van der Waals surface area contributed by atoms with E-state index in [4.69, 9.17) is 9.47 Å². The summed E-state index contributed by atoms with van der Waals surface area (Å²) in [7, 11) is -0.696. The van der Waals surface area contributed by atoms with Crippen LogP contribution in [0.1, 0.15) is 54.5 Å². The van der Waals surface area contributed by atoms with Crippen molar-refractivity contribution in [2.24, 2.45) is 5.92 Å². The number of aliphatic hydroxyl groups is 1. The number of fused-ring (bicyclic) bond motifs is 2. The van der Waals surface area contributed by atoms with Crippen molar-refractivity contribution in [1.82, 2.24) is 20.3 Å². The lowest BCUT2D eigenvalue weighted by Gasteiger charge is -2.37. The number of aromatic nitrogens is 3. The molecule has 4 aromatic carbocycles. The molecular formula is C45H51BrN6O5Si. The molecule has 0 aliphatic carbocycles. The minimum atomic E-state index is -2.37. The molecule has 2 fully saturated rings. The number of hydrogen-bond acceptors (Lipinski definition) is 8. The zero-order valence-electron chi connectivity index (χ0n) is 33.4. The Morgan fingerprint density at radius 1 is 1.09 bits per heavy atom. The number of halogens is 1. The molecule has 0 radical (unpaired) electrons. The molecule has 2 saturated heterocycles. The van der Waals surface area contributed by atoms with E-state index in [-0.39, 0.29) is 47.9 Å². The van der Waals surface area contributed by atoms with Gasteiger partial charge in [-0.3, -0.25) is 14.3 Å². The average molecular weight is 864 g/mol. The molecule has 0 bridgehead atoms. The van der Waals surface area contributed by atoms with Crippen molar-refractivity contribution in [3.05, 3.63) is 130 Å². The lowest BCUT2D eigenvalue weighted by Crippen LogP contribution is -2.51. The number of nitrogens with zero attached hydrogens (tertiary/aromatic N) is 4. The predicted molar refractivity (Wildman–Crippen MR) is 231 cm³/mol. The molecule has 1 unspecified atom stereocenters. The van der Waals surface area contributed by atoms with E-state index in [1.165, 1.54) is 5.19 Å². The van der Waals surface area contributed by atoms with Gasteiger partial charge in [-0.1, -0.05) is 101 Å². The van der Waals surface area contributed by atoms with Gasteiger partial charge in [-0.25, -0.2) is 0 Å². The Balaban J connectivity index is 1.10. The quantitative estimate of drug-likeness (QED) is 0.111. The molecule has 13 heteroatoms. The summed E-state index contributed by atoms with van der Waals surface area (Å²) in [6, 6.07) is 31.9. The van der Waals surface area contributed by atoms with Gasteiger partial charge in [0.25, 0.3) is 5.91 Å². The molecule has 3 N–H and O–H groups in total. The highest BCUT2D eigenvalue weighted by Crippen LogP contribution is 2.60. The highest BCUT2D eigenvalue weighted by atomic mass is 79.9. The molecule has 3 aliphatic rings. The zero-order chi connectivity index (χ0) is 40.6. The Bertz CT molecular complexity index is 2250. The summed E-state index contributed by atoms with van der Waals surface area (Å²) in [6.45, 7) is 8.62. The van der Waals surface area contributed by atoms with Crippen LogP contribution in [0.5, 0.6) is 5.75 Å². The van der Waals surface area contributed by atoms with E-state index in [2.05, 4.69) is 75.1 Å². The molecule has 5 aromatic rings. The van der Waals surface area contributed by atoms with Gasteiger partial charge >= 0.3 is 0 Å². The van der Waals surface area contributed by atoms with Crippen LogP contribution in [-0.4, -0.2) is 72.4 Å². The van der Waals surface area contributed by atoms with Gasteiger partial charge in [-0.05, 0) is 84.9 Å². The summed E-state index contributed by atoms with van der Waals surface area (Å²) in [4.78, 5) is 29.9. The second kappa shape index (κ2) is 16.5. The second-order valence-corrected chi connectivity index (χ2v) is 22.0. The molecule has 4 heterocycles. The van der Waals surface area contributed by atoms with Crippen LogP contribution in [0.15, 0.2) is 108 Å². The van der Waals surface area contributed by atoms with Crippen LogP contribution in [0.4, 0.5) is 11.4 Å².